The van der Waals surface area contributed by atoms with Gasteiger partial charge in [0.05, 0.1) is 7.11 Å². The number of aromatic nitrogens is 1. The van der Waals surface area contributed by atoms with Gasteiger partial charge in [0.25, 0.3) is 0 Å². The van der Waals surface area contributed by atoms with Gasteiger partial charge in [0.2, 0.25) is 0 Å². The zero-order chi connectivity index (χ0) is 22.2. The Morgan fingerprint density at radius 3 is 2.32 bits per heavy atom. The Labute approximate surface area is 181 Å². The zero-order valence-corrected chi connectivity index (χ0v) is 17.2. The van der Waals surface area contributed by atoms with Gasteiger partial charge in [0.15, 0.2) is 11.3 Å². The van der Waals surface area contributed by atoms with Crippen molar-refractivity contribution in [3.8, 4) is 23.5 Å². The Bertz CT molecular complexity index is 1160. The number of nitrogens with zero attached hydrogens (tertiary/aromatic N) is 1. The van der Waals surface area contributed by atoms with E-state index in [0.717, 1.165) is 16.7 Å². The predicted octanol–water partition coefficient (Wildman–Crippen LogP) is 4.41. The molecule has 3 rings (SSSR count). The Morgan fingerprint density at radius 1 is 1.10 bits per heavy atom. The molecule has 31 heavy (non-hydrogen) atoms. The largest absolute Gasteiger partial charge is 0.485 e. The second kappa shape index (κ2) is 9.95. The molecule has 0 atom stereocenters. The molecule has 2 aromatic carbocycles. The summed E-state index contributed by atoms with van der Waals surface area (Å²) in [5.74, 6) is 1.79. The molecular formula is C26H22N2O3. The third-order valence-corrected chi connectivity index (χ3v) is 4.56. The quantitative estimate of drug-likeness (QED) is 0.270. The third kappa shape index (κ3) is 4.82. The van der Waals surface area contributed by atoms with E-state index in [1.807, 2.05) is 66.7 Å². The molecule has 5 heteroatoms. The van der Waals surface area contributed by atoms with Gasteiger partial charge in [-0.2, -0.15) is 0 Å². The minimum atomic E-state index is -0.703. The fourth-order valence-corrected chi connectivity index (χ4v) is 3.13. The maximum absolute atomic E-state index is 12.4. The lowest BCUT2D eigenvalue weighted by Gasteiger charge is -2.18. The van der Waals surface area contributed by atoms with Crippen LogP contribution in [-0.2, 0) is 20.9 Å². The summed E-state index contributed by atoms with van der Waals surface area (Å²) in [5, 5.41) is 0. The second-order valence-electron chi connectivity index (χ2n) is 6.59. The van der Waals surface area contributed by atoms with Crippen LogP contribution < -0.4 is 5.73 Å². The number of terminal acetylenes is 1. The van der Waals surface area contributed by atoms with E-state index in [1.165, 1.54) is 7.11 Å². The van der Waals surface area contributed by atoms with E-state index in [0.29, 0.717) is 11.3 Å². The van der Waals surface area contributed by atoms with E-state index in [1.54, 1.807) is 6.20 Å². The molecule has 5 nitrogen and oxygen atoms in total. The molecule has 1 aromatic heterocycles. The molecule has 0 saturated heterocycles. The molecule has 154 valence electrons. The lowest BCUT2D eigenvalue weighted by Crippen LogP contribution is -2.12. The summed E-state index contributed by atoms with van der Waals surface area (Å²) in [6.07, 6.45) is 7.27. The summed E-state index contributed by atoms with van der Waals surface area (Å²) in [4.78, 5) is 16.9. The predicted molar refractivity (Wildman–Crippen MR) is 122 cm³/mol. The number of methoxy groups -OCH3 is 1. The van der Waals surface area contributed by atoms with E-state index in [2.05, 4.69) is 17.5 Å². The maximum atomic E-state index is 12.4. The molecule has 0 radical (unpaired) electrons. The first-order chi connectivity index (χ1) is 15.1. The van der Waals surface area contributed by atoms with Crippen molar-refractivity contribution >= 4 is 17.4 Å². The number of carbonyl (C=O) groups is 1. The molecule has 0 aliphatic carbocycles. The van der Waals surface area contributed by atoms with Crippen molar-refractivity contribution in [2.75, 3.05) is 7.11 Å². The smallest absolute Gasteiger partial charge is 0.350 e. The van der Waals surface area contributed by atoms with E-state index in [4.69, 9.17) is 21.6 Å². The number of carbonyl (C=O) groups excluding carboxylic acids is 1. The van der Waals surface area contributed by atoms with Crippen LogP contribution in [-0.4, -0.2) is 18.1 Å². The SMILES string of the molecule is C#C/C(C(=O)OC)=C(/OCc1ccccc1)c1nccc(-c2ccccc2)c1C(=C)N. The van der Waals surface area contributed by atoms with Crippen LogP contribution in [0.5, 0.6) is 0 Å². The molecule has 0 spiro atoms. The van der Waals surface area contributed by atoms with Gasteiger partial charge in [-0.15, -0.1) is 6.42 Å². The van der Waals surface area contributed by atoms with Crippen molar-refractivity contribution in [3.63, 3.8) is 0 Å². The molecule has 1 heterocycles. The highest BCUT2D eigenvalue weighted by molar-refractivity contribution is 6.02. The number of nitrogens with two attached hydrogens (primary N) is 1. The zero-order valence-electron chi connectivity index (χ0n) is 17.2. The van der Waals surface area contributed by atoms with E-state index < -0.39 is 5.97 Å². The van der Waals surface area contributed by atoms with Crippen LogP contribution in [0, 0.1) is 12.3 Å². The summed E-state index contributed by atoms with van der Waals surface area (Å²) in [6, 6.07) is 21.0. The maximum Gasteiger partial charge on any atom is 0.350 e. The van der Waals surface area contributed by atoms with Crippen molar-refractivity contribution < 1.29 is 14.3 Å². The molecule has 2 N–H and O–H groups in total. The number of rotatable bonds is 7. The number of hydrogen-bond acceptors (Lipinski definition) is 5. The second-order valence-corrected chi connectivity index (χ2v) is 6.59. The first kappa shape index (κ1) is 21.4. The third-order valence-electron chi connectivity index (χ3n) is 4.56. The first-order valence-corrected chi connectivity index (χ1v) is 9.52. The molecule has 0 unspecified atom stereocenters. The van der Waals surface area contributed by atoms with Crippen molar-refractivity contribution in [1.29, 1.82) is 0 Å². The highest BCUT2D eigenvalue weighted by Crippen LogP contribution is 2.33. The fraction of sp³-hybridized carbons (Fsp3) is 0.0769. The number of benzene rings is 2. The average Bonchev–Trinajstić information content (AvgIpc) is 2.82. The number of hydrogen-bond donors (Lipinski definition) is 1. The number of ether oxygens (including phenoxy) is 2. The van der Waals surface area contributed by atoms with Crippen LogP contribution in [0.1, 0.15) is 16.8 Å². The molecule has 0 amide bonds. The van der Waals surface area contributed by atoms with Crippen molar-refractivity contribution in [1.82, 2.24) is 4.98 Å². The summed E-state index contributed by atoms with van der Waals surface area (Å²) in [6.45, 7) is 4.09. The minimum Gasteiger partial charge on any atom is -0.485 e. The molecule has 0 bridgehead atoms. The molecular weight excluding hydrogens is 388 g/mol. The van der Waals surface area contributed by atoms with Crippen LogP contribution in [0.25, 0.3) is 22.6 Å². The van der Waals surface area contributed by atoms with Crippen LogP contribution in [0.15, 0.2) is 85.1 Å². The Morgan fingerprint density at radius 2 is 1.74 bits per heavy atom. The van der Waals surface area contributed by atoms with Crippen LogP contribution in [0.4, 0.5) is 0 Å². The molecule has 0 fully saturated rings. The summed E-state index contributed by atoms with van der Waals surface area (Å²) < 4.78 is 10.9. The van der Waals surface area contributed by atoms with Crippen LogP contribution in [0.3, 0.4) is 0 Å². The van der Waals surface area contributed by atoms with E-state index >= 15 is 0 Å². The molecule has 0 aliphatic rings. The highest BCUT2D eigenvalue weighted by atomic mass is 16.5. The van der Waals surface area contributed by atoms with Gasteiger partial charge in [-0.1, -0.05) is 73.2 Å². The average molecular weight is 410 g/mol. The Hall–Kier alpha value is -4.30. The first-order valence-electron chi connectivity index (χ1n) is 9.52. The topological polar surface area (TPSA) is 74.4 Å². The fourth-order valence-electron chi connectivity index (χ4n) is 3.13. The van der Waals surface area contributed by atoms with Crippen molar-refractivity contribution in [2.45, 2.75) is 6.61 Å². The van der Waals surface area contributed by atoms with Gasteiger partial charge >= 0.3 is 5.97 Å². The minimum absolute atomic E-state index is 0.0846. The lowest BCUT2D eigenvalue weighted by atomic mass is 9.95. The monoisotopic (exact) mass is 410 g/mol. The summed E-state index contributed by atoms with van der Waals surface area (Å²) >= 11 is 0. The van der Waals surface area contributed by atoms with Gasteiger partial charge in [-0.05, 0) is 22.8 Å². The van der Waals surface area contributed by atoms with Gasteiger partial charge in [-0.25, -0.2) is 4.79 Å². The standard InChI is InChI=1S/C26H22N2O3/c1-4-21(26(29)30-3)25(31-17-19-11-7-5-8-12-19)24-23(18(2)27)22(15-16-28-24)20-13-9-6-10-14-20/h1,5-16H,2,17,27H2,3H3/b25-21-. The Kier molecular flexibility index (Phi) is 6.87. The van der Waals surface area contributed by atoms with Gasteiger partial charge in [0, 0.05) is 17.5 Å². The normalized spacial score (nSPS) is 11.1. The number of esters is 1. The molecule has 0 saturated carbocycles. The Balaban J connectivity index is 2.21. The van der Waals surface area contributed by atoms with Crippen molar-refractivity contribution in [3.05, 3.63) is 102 Å². The van der Waals surface area contributed by atoms with Gasteiger partial charge in [0.1, 0.15) is 12.3 Å². The molecule has 0 aliphatic heterocycles. The number of pyridine rings is 1. The lowest BCUT2D eigenvalue weighted by molar-refractivity contribution is -0.135. The van der Waals surface area contributed by atoms with Gasteiger partial charge < -0.3 is 15.2 Å². The summed E-state index contributed by atoms with van der Waals surface area (Å²) in [5.41, 5.74) is 9.81. The molecule has 3 aromatic rings. The van der Waals surface area contributed by atoms with E-state index in [9.17, 15) is 4.79 Å². The van der Waals surface area contributed by atoms with Gasteiger partial charge in [-0.3, -0.25) is 4.98 Å². The highest BCUT2D eigenvalue weighted by Gasteiger charge is 2.24. The van der Waals surface area contributed by atoms with Crippen LogP contribution >= 0.6 is 0 Å². The van der Waals surface area contributed by atoms with Crippen LogP contribution in [0.2, 0.25) is 0 Å². The van der Waals surface area contributed by atoms with Crippen molar-refractivity contribution in [2.24, 2.45) is 5.73 Å². The van der Waals surface area contributed by atoms with E-state index in [-0.39, 0.29) is 23.6 Å². The summed E-state index contributed by atoms with van der Waals surface area (Å²) in [7, 11) is 1.26.